The largest absolute Gasteiger partial charge is 0.494 e. The van der Waals surface area contributed by atoms with Gasteiger partial charge in [-0.15, -0.1) is 11.3 Å². The normalized spacial score (nSPS) is 9.86. The van der Waals surface area contributed by atoms with Crippen LogP contribution in [0.1, 0.15) is 12.8 Å². The smallest absolute Gasteiger partial charge is 0.212 e. The van der Waals surface area contributed by atoms with Crippen molar-refractivity contribution in [2.24, 2.45) is 16.5 Å². The minimum Gasteiger partial charge on any atom is -0.494 e. The lowest BCUT2D eigenvalue weighted by Crippen LogP contribution is -2.21. The summed E-state index contributed by atoms with van der Waals surface area (Å²) in [5.41, 5.74) is 12.4. The minimum atomic E-state index is -0.00882. The predicted molar refractivity (Wildman–Crippen MR) is 83.4 cm³/mol. The van der Waals surface area contributed by atoms with Crippen molar-refractivity contribution in [1.29, 1.82) is 5.26 Å². The molecule has 1 heterocycles. The lowest BCUT2D eigenvalue weighted by Gasteiger charge is -2.05. The van der Waals surface area contributed by atoms with Crippen molar-refractivity contribution in [2.45, 2.75) is 12.8 Å². The lowest BCUT2D eigenvalue weighted by molar-refractivity contribution is 0.313. The van der Waals surface area contributed by atoms with Gasteiger partial charge in [-0.3, -0.25) is 0 Å². The number of hydrogen-bond acceptors (Lipinski definition) is 5. The first-order valence-electron chi connectivity index (χ1n) is 6.34. The maximum absolute atomic E-state index is 8.48. The molecule has 0 aliphatic rings. The van der Waals surface area contributed by atoms with Gasteiger partial charge in [0.1, 0.15) is 5.75 Å². The van der Waals surface area contributed by atoms with Gasteiger partial charge in [-0.05, 0) is 18.6 Å². The maximum atomic E-state index is 8.48. The third-order valence-corrected chi connectivity index (χ3v) is 3.28. The van der Waals surface area contributed by atoms with Crippen molar-refractivity contribution in [2.75, 3.05) is 6.61 Å². The van der Waals surface area contributed by atoms with E-state index in [9.17, 15) is 0 Å². The molecule has 108 valence electrons. The molecule has 0 saturated carbocycles. The molecule has 4 N–H and O–H groups in total. The second-order valence-corrected chi connectivity index (χ2v) is 5.03. The highest BCUT2D eigenvalue weighted by Gasteiger charge is 2.05. The average Bonchev–Trinajstić information content (AvgIpc) is 2.92. The molecule has 21 heavy (non-hydrogen) atoms. The Labute approximate surface area is 126 Å². The fourth-order valence-electron chi connectivity index (χ4n) is 1.65. The zero-order chi connectivity index (χ0) is 15.1. The van der Waals surface area contributed by atoms with Crippen LogP contribution in [0.2, 0.25) is 0 Å². The number of rotatable bonds is 6. The number of nitrogens with two attached hydrogens (primary N) is 2. The van der Waals surface area contributed by atoms with Crippen LogP contribution in [-0.4, -0.2) is 17.6 Å². The maximum Gasteiger partial charge on any atom is 0.212 e. The second kappa shape index (κ2) is 7.26. The SMILES string of the molecule is N#CCCCOc1cccc(-c2csc(N=C(N)N)n2)c1. The summed E-state index contributed by atoms with van der Waals surface area (Å²) in [5, 5.41) is 10.9. The van der Waals surface area contributed by atoms with Crippen LogP contribution in [0.5, 0.6) is 5.75 Å². The van der Waals surface area contributed by atoms with Crippen LogP contribution in [0.25, 0.3) is 11.3 Å². The molecule has 2 rings (SSSR count). The summed E-state index contributed by atoms with van der Waals surface area (Å²) < 4.78 is 5.60. The first-order chi connectivity index (χ1) is 10.2. The van der Waals surface area contributed by atoms with Crippen LogP contribution in [0.15, 0.2) is 34.6 Å². The van der Waals surface area contributed by atoms with Crippen molar-refractivity contribution < 1.29 is 4.74 Å². The fraction of sp³-hybridized carbons (Fsp3) is 0.214. The van der Waals surface area contributed by atoms with Crippen molar-refractivity contribution >= 4 is 22.4 Å². The van der Waals surface area contributed by atoms with Crippen molar-refractivity contribution in [3.8, 4) is 23.1 Å². The van der Waals surface area contributed by atoms with E-state index >= 15 is 0 Å². The van der Waals surface area contributed by atoms with Crippen LogP contribution in [0.4, 0.5) is 5.13 Å². The van der Waals surface area contributed by atoms with Crippen molar-refractivity contribution in [1.82, 2.24) is 4.98 Å². The Morgan fingerprint density at radius 3 is 3.05 bits per heavy atom. The monoisotopic (exact) mass is 301 g/mol. The van der Waals surface area contributed by atoms with E-state index in [1.807, 2.05) is 29.6 Å². The summed E-state index contributed by atoms with van der Waals surface area (Å²) in [6.45, 7) is 0.521. The third-order valence-electron chi connectivity index (χ3n) is 2.55. The molecule has 0 saturated heterocycles. The molecule has 0 radical (unpaired) electrons. The highest BCUT2D eigenvalue weighted by Crippen LogP contribution is 2.28. The van der Waals surface area contributed by atoms with E-state index in [0.717, 1.165) is 17.0 Å². The number of unbranched alkanes of at least 4 members (excludes halogenated alkanes) is 1. The standard InChI is InChI=1S/C14H15N5OS/c15-6-1-2-7-20-11-5-3-4-10(8-11)12-9-21-14(18-12)19-13(16)17/h3-5,8-9H,1-2,7H2,(H4,16,17,18,19). The first-order valence-corrected chi connectivity index (χ1v) is 7.22. The van der Waals surface area contributed by atoms with Crippen LogP contribution in [0.3, 0.4) is 0 Å². The molecule has 0 aliphatic heterocycles. The first kappa shape index (κ1) is 14.8. The Balaban J connectivity index is 2.08. The number of hydrogen-bond donors (Lipinski definition) is 2. The summed E-state index contributed by atoms with van der Waals surface area (Å²) >= 11 is 1.37. The van der Waals surface area contributed by atoms with Gasteiger partial charge >= 0.3 is 0 Å². The molecular weight excluding hydrogens is 286 g/mol. The zero-order valence-corrected chi connectivity index (χ0v) is 12.1. The molecule has 0 aliphatic carbocycles. The number of guanidine groups is 1. The second-order valence-electron chi connectivity index (χ2n) is 4.19. The van der Waals surface area contributed by atoms with E-state index in [-0.39, 0.29) is 5.96 Å². The van der Waals surface area contributed by atoms with E-state index in [1.54, 1.807) is 0 Å². The van der Waals surface area contributed by atoms with E-state index in [0.29, 0.717) is 24.6 Å². The van der Waals surface area contributed by atoms with E-state index in [2.05, 4.69) is 16.0 Å². The molecule has 1 aromatic carbocycles. The molecule has 7 heteroatoms. The Morgan fingerprint density at radius 1 is 1.43 bits per heavy atom. The van der Waals surface area contributed by atoms with Gasteiger partial charge in [-0.25, -0.2) is 4.98 Å². The van der Waals surface area contributed by atoms with Crippen molar-refractivity contribution in [3.63, 3.8) is 0 Å². The van der Waals surface area contributed by atoms with Gasteiger partial charge in [0.25, 0.3) is 0 Å². The number of thiazole rings is 1. The number of ether oxygens (including phenoxy) is 1. The van der Waals surface area contributed by atoms with Crippen molar-refractivity contribution in [3.05, 3.63) is 29.6 Å². The molecule has 6 nitrogen and oxygen atoms in total. The highest BCUT2D eigenvalue weighted by atomic mass is 32.1. The number of aliphatic imine (C=N–C) groups is 1. The summed E-state index contributed by atoms with van der Waals surface area (Å²) in [5.74, 6) is 0.743. The molecule has 0 bridgehead atoms. The lowest BCUT2D eigenvalue weighted by atomic mass is 10.2. The number of benzene rings is 1. The minimum absolute atomic E-state index is 0.00882. The highest BCUT2D eigenvalue weighted by molar-refractivity contribution is 7.13. The van der Waals surface area contributed by atoms with Gasteiger partial charge < -0.3 is 16.2 Å². The van der Waals surface area contributed by atoms with Crippen LogP contribution in [-0.2, 0) is 0 Å². The number of aromatic nitrogens is 1. The molecule has 0 atom stereocenters. The summed E-state index contributed by atoms with van der Waals surface area (Å²) in [6, 6.07) is 9.70. The molecular formula is C14H15N5OS. The van der Waals surface area contributed by atoms with Gasteiger partial charge in [0.05, 0.1) is 18.4 Å². The summed E-state index contributed by atoms with van der Waals surface area (Å²) in [6.07, 6.45) is 1.21. The molecule has 2 aromatic rings. The molecule has 0 spiro atoms. The summed E-state index contributed by atoms with van der Waals surface area (Å²) in [7, 11) is 0. The van der Waals surface area contributed by atoms with E-state index in [4.69, 9.17) is 21.5 Å². The molecule has 0 unspecified atom stereocenters. The van der Waals surface area contributed by atoms with Gasteiger partial charge in [-0.1, -0.05) is 12.1 Å². The molecule has 0 fully saturated rings. The Bertz CT molecular complexity index is 670. The quantitative estimate of drug-likeness (QED) is 0.483. The summed E-state index contributed by atoms with van der Waals surface area (Å²) in [4.78, 5) is 8.26. The van der Waals surface area contributed by atoms with Gasteiger partial charge in [0.2, 0.25) is 5.13 Å². The van der Waals surface area contributed by atoms with E-state index < -0.39 is 0 Å². The third kappa shape index (κ3) is 4.47. The zero-order valence-electron chi connectivity index (χ0n) is 11.3. The fourth-order valence-corrected chi connectivity index (χ4v) is 2.36. The predicted octanol–water partition coefficient (Wildman–Crippen LogP) is 2.40. The van der Waals surface area contributed by atoms with E-state index in [1.165, 1.54) is 11.3 Å². The topological polar surface area (TPSA) is 110 Å². The van der Waals surface area contributed by atoms with Gasteiger partial charge in [0.15, 0.2) is 5.96 Å². The molecule has 0 amide bonds. The Hall–Kier alpha value is -2.59. The Kier molecular flexibility index (Phi) is 5.12. The average molecular weight is 301 g/mol. The Morgan fingerprint density at radius 2 is 2.29 bits per heavy atom. The van der Waals surface area contributed by atoms with Gasteiger partial charge in [0, 0.05) is 17.4 Å². The molecule has 1 aromatic heterocycles. The van der Waals surface area contributed by atoms with Crippen LogP contribution >= 0.6 is 11.3 Å². The number of nitriles is 1. The number of nitrogens with zero attached hydrogens (tertiary/aromatic N) is 3. The van der Waals surface area contributed by atoms with Crippen LogP contribution in [0, 0.1) is 11.3 Å². The van der Waals surface area contributed by atoms with Gasteiger partial charge in [-0.2, -0.15) is 10.3 Å². The van der Waals surface area contributed by atoms with Crippen LogP contribution < -0.4 is 16.2 Å².